The summed E-state index contributed by atoms with van der Waals surface area (Å²) in [6, 6.07) is 1.65. The van der Waals surface area contributed by atoms with Gasteiger partial charge in [-0.1, -0.05) is 6.07 Å². The van der Waals surface area contributed by atoms with Crippen molar-refractivity contribution in [2.24, 2.45) is 7.05 Å². The topological polar surface area (TPSA) is 145 Å². The quantitative estimate of drug-likeness (QED) is 0.283. The highest BCUT2D eigenvalue weighted by Gasteiger charge is 2.46. The molecule has 2 atom stereocenters. The number of nitrogens with one attached hydrogen (secondary N) is 1. The second-order valence-corrected chi connectivity index (χ2v) is 11.2. The predicted molar refractivity (Wildman–Crippen MR) is 158 cm³/mol. The van der Waals surface area contributed by atoms with Crippen LogP contribution in [0.25, 0.3) is 16.6 Å². The number of rotatable bonds is 7. The summed E-state index contributed by atoms with van der Waals surface area (Å²) in [7, 11) is 1.48. The largest absolute Gasteiger partial charge is 0.480 e. The van der Waals surface area contributed by atoms with Crippen LogP contribution in [-0.2, 0) is 41.0 Å². The SMILES string of the molecule is Cn1c(=O)n(-c2ccc(C[C@H](NC(=O)c3c(F)cc(N4CCOC[C@@H]4C(F)(F)F)cc3F)C(=O)O)c3c2COC3)c(=O)c2ccncc21. The Kier molecular flexibility index (Phi) is 8.51. The average molecular weight is 676 g/mol. The minimum atomic E-state index is -4.76. The van der Waals surface area contributed by atoms with Crippen LogP contribution in [0.2, 0.25) is 0 Å². The summed E-state index contributed by atoms with van der Waals surface area (Å²) in [4.78, 5) is 56.5. The zero-order valence-corrected chi connectivity index (χ0v) is 25.0. The first-order valence-electron chi connectivity index (χ1n) is 14.5. The Bertz CT molecular complexity index is 2060. The number of hydrogen-bond donors (Lipinski definition) is 2. The van der Waals surface area contributed by atoms with E-state index in [-0.39, 0.29) is 43.9 Å². The molecule has 48 heavy (non-hydrogen) atoms. The Labute approximate surface area is 266 Å². The standard InChI is InChI=1S/C31H26F5N5O7/c1-39-24-11-37-5-4-17(24)28(43)41(30(39)46)23-3-2-15(18-12-48-13-19(18)23)8-22(29(44)45)38-27(42)26-20(32)9-16(10-21(26)33)40-6-7-47-14-25(40)31(34,35)36/h2-5,9-11,22,25H,6-8,12-14H2,1H3,(H,38,42)(H,44,45)/t22-,25+/m0/s1. The summed E-state index contributed by atoms with van der Waals surface area (Å²) in [6.07, 6.45) is -2.35. The van der Waals surface area contributed by atoms with Gasteiger partial charge >= 0.3 is 17.8 Å². The lowest BCUT2D eigenvalue weighted by Gasteiger charge is -2.38. The minimum absolute atomic E-state index is 0.0173. The van der Waals surface area contributed by atoms with Crippen LogP contribution in [0.15, 0.2) is 52.3 Å². The van der Waals surface area contributed by atoms with Crippen molar-refractivity contribution in [2.45, 2.75) is 37.9 Å². The highest BCUT2D eigenvalue weighted by atomic mass is 19.4. The van der Waals surface area contributed by atoms with Crippen molar-refractivity contribution in [1.29, 1.82) is 0 Å². The van der Waals surface area contributed by atoms with Crippen molar-refractivity contribution in [3.8, 4) is 5.69 Å². The van der Waals surface area contributed by atoms with E-state index in [4.69, 9.17) is 9.47 Å². The number of aromatic nitrogens is 3. The number of anilines is 1. The van der Waals surface area contributed by atoms with Gasteiger partial charge in [-0.05, 0) is 35.4 Å². The molecule has 2 aromatic carbocycles. The van der Waals surface area contributed by atoms with E-state index < -0.39 is 70.9 Å². The van der Waals surface area contributed by atoms with E-state index >= 15 is 8.78 Å². The third kappa shape index (κ3) is 5.79. The summed E-state index contributed by atoms with van der Waals surface area (Å²) in [5.74, 6) is -5.97. The number of alkyl halides is 3. The summed E-state index contributed by atoms with van der Waals surface area (Å²) < 4.78 is 83.5. The fourth-order valence-electron chi connectivity index (χ4n) is 6.01. The Balaban J connectivity index is 1.29. The molecule has 0 saturated carbocycles. The molecule has 0 unspecified atom stereocenters. The van der Waals surface area contributed by atoms with Crippen LogP contribution >= 0.6 is 0 Å². The molecule has 4 aromatic rings. The molecule has 1 saturated heterocycles. The van der Waals surface area contributed by atoms with Crippen molar-refractivity contribution in [2.75, 3.05) is 24.7 Å². The number of pyridine rings is 1. The molecule has 0 radical (unpaired) electrons. The maximum absolute atomic E-state index is 15.1. The molecular formula is C31H26F5N5O7. The summed E-state index contributed by atoms with van der Waals surface area (Å²) >= 11 is 0. The molecule has 4 heterocycles. The van der Waals surface area contributed by atoms with E-state index in [0.29, 0.717) is 34.3 Å². The molecular weight excluding hydrogens is 649 g/mol. The first-order valence-corrected chi connectivity index (χ1v) is 14.5. The number of amides is 1. The highest BCUT2D eigenvalue weighted by molar-refractivity contribution is 5.97. The van der Waals surface area contributed by atoms with Gasteiger partial charge < -0.3 is 24.8 Å². The monoisotopic (exact) mass is 675 g/mol. The Morgan fingerprint density at radius 3 is 2.48 bits per heavy atom. The molecule has 12 nitrogen and oxygen atoms in total. The molecule has 6 rings (SSSR count). The Morgan fingerprint density at radius 1 is 1.08 bits per heavy atom. The molecule has 2 aliphatic rings. The van der Waals surface area contributed by atoms with Gasteiger partial charge in [0.15, 0.2) is 0 Å². The molecule has 1 amide bonds. The number of morpholine rings is 1. The summed E-state index contributed by atoms with van der Waals surface area (Å²) in [5, 5.41) is 12.2. The van der Waals surface area contributed by atoms with Crippen molar-refractivity contribution >= 4 is 28.5 Å². The van der Waals surface area contributed by atoms with Crippen LogP contribution < -0.4 is 21.5 Å². The van der Waals surface area contributed by atoms with Crippen LogP contribution in [0, 0.1) is 11.6 Å². The van der Waals surface area contributed by atoms with Crippen molar-refractivity contribution in [3.05, 3.63) is 97.5 Å². The van der Waals surface area contributed by atoms with Crippen LogP contribution in [0.5, 0.6) is 0 Å². The lowest BCUT2D eigenvalue weighted by Crippen LogP contribution is -2.53. The molecule has 2 N–H and O–H groups in total. The molecule has 2 aromatic heterocycles. The first kappa shape index (κ1) is 32.8. The maximum atomic E-state index is 15.1. The van der Waals surface area contributed by atoms with Gasteiger partial charge in [0.05, 0.1) is 49.2 Å². The molecule has 17 heteroatoms. The van der Waals surface area contributed by atoms with Crippen molar-refractivity contribution < 1.29 is 46.1 Å². The summed E-state index contributed by atoms with van der Waals surface area (Å²) in [6.45, 7) is -1.23. The van der Waals surface area contributed by atoms with Gasteiger partial charge in [-0.3, -0.25) is 19.1 Å². The van der Waals surface area contributed by atoms with Crippen LogP contribution in [-0.4, -0.2) is 69.1 Å². The second-order valence-electron chi connectivity index (χ2n) is 11.2. The number of hydrogen-bond acceptors (Lipinski definition) is 8. The molecule has 252 valence electrons. The predicted octanol–water partition coefficient (Wildman–Crippen LogP) is 2.59. The normalized spacial score (nSPS) is 17.0. The number of aryl methyl sites for hydroxylation is 1. The van der Waals surface area contributed by atoms with Gasteiger partial charge in [-0.2, -0.15) is 13.2 Å². The third-order valence-electron chi connectivity index (χ3n) is 8.43. The van der Waals surface area contributed by atoms with Gasteiger partial charge in [0.25, 0.3) is 11.5 Å². The van der Waals surface area contributed by atoms with Crippen LogP contribution in [0.3, 0.4) is 0 Å². The van der Waals surface area contributed by atoms with Gasteiger partial charge in [0.2, 0.25) is 0 Å². The zero-order chi connectivity index (χ0) is 34.5. The lowest BCUT2D eigenvalue weighted by atomic mass is 9.95. The van der Waals surface area contributed by atoms with Crippen LogP contribution in [0.1, 0.15) is 27.0 Å². The highest BCUT2D eigenvalue weighted by Crippen LogP contribution is 2.33. The first-order chi connectivity index (χ1) is 22.8. The van der Waals surface area contributed by atoms with Gasteiger partial charge in [0.1, 0.15) is 29.3 Å². The van der Waals surface area contributed by atoms with E-state index in [1.54, 1.807) is 0 Å². The zero-order valence-electron chi connectivity index (χ0n) is 25.0. The van der Waals surface area contributed by atoms with Gasteiger partial charge in [0, 0.05) is 37.5 Å². The lowest BCUT2D eigenvalue weighted by molar-refractivity contribution is -0.167. The number of carboxylic acid groups (broad SMARTS) is 1. The minimum Gasteiger partial charge on any atom is -0.480 e. The number of carbonyl (C=O) groups excluding carboxylic acids is 1. The van der Waals surface area contributed by atoms with E-state index in [0.717, 1.165) is 9.47 Å². The van der Waals surface area contributed by atoms with E-state index in [9.17, 15) is 37.5 Å². The maximum Gasteiger partial charge on any atom is 0.411 e. The van der Waals surface area contributed by atoms with Gasteiger partial charge in [-0.25, -0.2) is 22.9 Å². The number of carbonyl (C=O) groups is 2. The molecule has 0 spiro atoms. The number of benzene rings is 2. The number of fused-ring (bicyclic) bond motifs is 2. The molecule has 2 aliphatic heterocycles. The van der Waals surface area contributed by atoms with Crippen molar-refractivity contribution in [1.82, 2.24) is 19.4 Å². The van der Waals surface area contributed by atoms with E-state index in [1.165, 1.54) is 42.2 Å². The fraction of sp³-hybridized carbons (Fsp3) is 0.323. The van der Waals surface area contributed by atoms with Crippen molar-refractivity contribution in [3.63, 3.8) is 0 Å². The number of carboxylic acids is 1. The molecule has 1 fully saturated rings. The smallest absolute Gasteiger partial charge is 0.411 e. The van der Waals surface area contributed by atoms with E-state index in [2.05, 4.69) is 10.3 Å². The average Bonchev–Trinajstić information content (AvgIpc) is 3.54. The van der Waals surface area contributed by atoms with E-state index in [1.807, 2.05) is 0 Å². The second kappa shape index (κ2) is 12.5. The fourth-order valence-corrected chi connectivity index (χ4v) is 6.01. The number of aliphatic carboxylic acids is 1. The third-order valence-corrected chi connectivity index (χ3v) is 8.43. The molecule has 0 aliphatic carbocycles. The van der Waals surface area contributed by atoms with Gasteiger partial charge in [-0.15, -0.1) is 0 Å². The Morgan fingerprint density at radius 2 is 1.79 bits per heavy atom. The van der Waals surface area contributed by atoms with Crippen LogP contribution in [0.4, 0.5) is 27.6 Å². The Hall–Kier alpha value is -5.16. The summed E-state index contributed by atoms with van der Waals surface area (Å²) in [5.41, 5.74) is -1.11. The number of halogens is 5. The molecule has 0 bridgehead atoms. The number of ether oxygens (including phenoxy) is 2. The number of nitrogens with zero attached hydrogens (tertiary/aromatic N) is 4.